The van der Waals surface area contributed by atoms with E-state index in [1.54, 1.807) is 0 Å². The number of alkyl halides is 1. The number of nitrogens with two attached hydrogens (primary N) is 1. The highest BCUT2D eigenvalue weighted by Gasteiger charge is 2.19. The maximum absolute atomic E-state index is 5.56. The average molecular weight is 227 g/mol. The minimum Gasteiger partial charge on any atom is -0.376 e. The molecule has 1 rings (SSSR count). The Morgan fingerprint density at radius 2 is 2.50 bits per heavy atom. The molecule has 0 bridgehead atoms. The van der Waals surface area contributed by atoms with E-state index in [1.807, 2.05) is 0 Å². The standard InChI is InChI=1S/C5H10INO/c6-5(7)4-2-1-3-8-4/h4-5H,1-3,7H2/t4-,5?/m1/s1. The largest absolute Gasteiger partial charge is 0.376 e. The Bertz CT molecular complexity index is 70.8. The topological polar surface area (TPSA) is 35.2 Å². The molecule has 1 heterocycles. The van der Waals surface area contributed by atoms with Crippen LogP contribution in [0.25, 0.3) is 0 Å². The third kappa shape index (κ3) is 1.56. The Labute approximate surface area is 62.9 Å². The van der Waals surface area contributed by atoms with Crippen LogP contribution in [0, 0.1) is 0 Å². The average Bonchev–Trinajstić information content (AvgIpc) is 2.12. The van der Waals surface area contributed by atoms with Crippen molar-refractivity contribution in [2.75, 3.05) is 6.61 Å². The lowest BCUT2D eigenvalue weighted by atomic mass is 10.2. The predicted octanol–water partition coefficient (Wildman–Crippen LogP) is 0.885. The number of halogens is 1. The molecule has 1 aliphatic heterocycles. The minimum absolute atomic E-state index is 0.190. The fourth-order valence-corrected chi connectivity index (χ4v) is 1.42. The quantitative estimate of drug-likeness (QED) is 0.410. The van der Waals surface area contributed by atoms with E-state index in [0.717, 1.165) is 13.0 Å². The Morgan fingerprint density at radius 1 is 1.75 bits per heavy atom. The molecule has 2 N–H and O–H groups in total. The van der Waals surface area contributed by atoms with Gasteiger partial charge in [-0.2, -0.15) is 0 Å². The van der Waals surface area contributed by atoms with Gasteiger partial charge in [-0.3, -0.25) is 0 Å². The summed E-state index contributed by atoms with van der Waals surface area (Å²) in [5, 5.41) is 0. The van der Waals surface area contributed by atoms with Crippen LogP contribution >= 0.6 is 22.6 Å². The Hall–Kier alpha value is 0.650. The van der Waals surface area contributed by atoms with E-state index in [9.17, 15) is 0 Å². The second-order valence-corrected chi connectivity index (χ2v) is 3.43. The molecule has 0 spiro atoms. The molecule has 1 saturated heterocycles. The zero-order valence-electron chi connectivity index (χ0n) is 4.64. The van der Waals surface area contributed by atoms with Gasteiger partial charge in [0.1, 0.15) is 0 Å². The third-order valence-electron chi connectivity index (χ3n) is 1.32. The van der Waals surface area contributed by atoms with Gasteiger partial charge in [0, 0.05) is 6.61 Å². The van der Waals surface area contributed by atoms with Crippen LogP contribution in [-0.2, 0) is 4.74 Å². The van der Waals surface area contributed by atoms with Gasteiger partial charge in [0.15, 0.2) is 0 Å². The van der Waals surface area contributed by atoms with Gasteiger partial charge in [-0.25, -0.2) is 0 Å². The lowest BCUT2D eigenvalue weighted by molar-refractivity contribution is 0.113. The predicted molar refractivity (Wildman–Crippen MR) is 41.0 cm³/mol. The highest BCUT2D eigenvalue weighted by molar-refractivity contribution is 14.1. The first-order valence-electron chi connectivity index (χ1n) is 2.82. The monoisotopic (exact) mass is 227 g/mol. The van der Waals surface area contributed by atoms with E-state index in [2.05, 4.69) is 22.6 Å². The van der Waals surface area contributed by atoms with Crippen LogP contribution in [0.15, 0.2) is 0 Å². The summed E-state index contributed by atoms with van der Waals surface area (Å²) in [4.78, 5) is 0. The molecule has 0 amide bonds. The number of rotatable bonds is 1. The van der Waals surface area contributed by atoms with Crippen molar-refractivity contribution in [3.05, 3.63) is 0 Å². The van der Waals surface area contributed by atoms with Crippen molar-refractivity contribution in [1.82, 2.24) is 0 Å². The van der Waals surface area contributed by atoms with Crippen molar-refractivity contribution < 1.29 is 4.74 Å². The van der Waals surface area contributed by atoms with Gasteiger partial charge >= 0.3 is 0 Å². The van der Waals surface area contributed by atoms with Crippen LogP contribution in [0.2, 0.25) is 0 Å². The molecule has 1 fully saturated rings. The van der Waals surface area contributed by atoms with Crippen LogP contribution < -0.4 is 5.73 Å². The van der Waals surface area contributed by atoms with Crippen LogP contribution in [0.4, 0.5) is 0 Å². The molecule has 2 nitrogen and oxygen atoms in total. The van der Waals surface area contributed by atoms with Gasteiger partial charge in [0.05, 0.1) is 10.2 Å². The molecular formula is C5H10INO. The van der Waals surface area contributed by atoms with Crippen molar-refractivity contribution in [2.24, 2.45) is 5.73 Å². The summed E-state index contributed by atoms with van der Waals surface area (Å²) in [6.45, 7) is 0.904. The van der Waals surface area contributed by atoms with Gasteiger partial charge in [0.25, 0.3) is 0 Å². The van der Waals surface area contributed by atoms with E-state index in [1.165, 1.54) is 6.42 Å². The molecule has 0 aromatic rings. The van der Waals surface area contributed by atoms with Gasteiger partial charge in [-0.1, -0.05) is 22.6 Å². The van der Waals surface area contributed by atoms with Crippen LogP contribution in [-0.4, -0.2) is 16.8 Å². The fraction of sp³-hybridized carbons (Fsp3) is 1.00. The first-order valence-corrected chi connectivity index (χ1v) is 4.06. The first-order chi connectivity index (χ1) is 3.80. The van der Waals surface area contributed by atoms with E-state index in [-0.39, 0.29) is 4.05 Å². The summed E-state index contributed by atoms with van der Waals surface area (Å²) in [6, 6.07) is 0. The summed E-state index contributed by atoms with van der Waals surface area (Å²) >= 11 is 2.20. The Morgan fingerprint density at radius 3 is 2.75 bits per heavy atom. The summed E-state index contributed by atoms with van der Waals surface area (Å²) in [5.41, 5.74) is 5.56. The SMILES string of the molecule is NC(I)[C@H]1CCCO1. The zero-order valence-corrected chi connectivity index (χ0v) is 6.80. The van der Waals surface area contributed by atoms with Crippen molar-refractivity contribution in [3.63, 3.8) is 0 Å². The van der Waals surface area contributed by atoms with Gasteiger partial charge < -0.3 is 10.5 Å². The lowest BCUT2D eigenvalue weighted by Gasteiger charge is -2.10. The fourth-order valence-electron chi connectivity index (χ4n) is 0.854. The molecule has 0 radical (unpaired) electrons. The second kappa shape index (κ2) is 2.98. The maximum atomic E-state index is 5.56. The summed E-state index contributed by atoms with van der Waals surface area (Å²) in [7, 11) is 0. The maximum Gasteiger partial charge on any atom is 0.0834 e. The van der Waals surface area contributed by atoms with Gasteiger partial charge in [-0.15, -0.1) is 0 Å². The lowest BCUT2D eigenvalue weighted by Crippen LogP contribution is -2.27. The highest BCUT2D eigenvalue weighted by atomic mass is 127. The molecule has 0 saturated carbocycles. The molecule has 3 heteroatoms. The minimum atomic E-state index is 0.190. The molecule has 0 aromatic heterocycles. The van der Waals surface area contributed by atoms with Crippen molar-refractivity contribution >= 4 is 22.6 Å². The second-order valence-electron chi connectivity index (χ2n) is 2.00. The first kappa shape index (κ1) is 6.77. The molecule has 48 valence electrons. The van der Waals surface area contributed by atoms with Crippen molar-refractivity contribution in [2.45, 2.75) is 23.0 Å². The van der Waals surface area contributed by atoms with Crippen LogP contribution in [0.1, 0.15) is 12.8 Å². The van der Waals surface area contributed by atoms with Crippen LogP contribution in [0.3, 0.4) is 0 Å². The normalized spacial score (nSPS) is 33.0. The van der Waals surface area contributed by atoms with E-state index in [0.29, 0.717) is 6.10 Å². The highest BCUT2D eigenvalue weighted by Crippen LogP contribution is 2.17. The number of ether oxygens (including phenoxy) is 1. The Kier molecular flexibility index (Phi) is 2.52. The summed E-state index contributed by atoms with van der Waals surface area (Å²) < 4.78 is 5.47. The summed E-state index contributed by atoms with van der Waals surface area (Å²) in [6.07, 6.45) is 2.65. The van der Waals surface area contributed by atoms with Gasteiger partial charge in [0.2, 0.25) is 0 Å². The van der Waals surface area contributed by atoms with Crippen LogP contribution in [0.5, 0.6) is 0 Å². The summed E-state index contributed by atoms with van der Waals surface area (Å²) in [5.74, 6) is 0. The number of hydrogen-bond acceptors (Lipinski definition) is 2. The molecule has 1 aliphatic rings. The molecule has 0 aromatic carbocycles. The van der Waals surface area contributed by atoms with E-state index < -0.39 is 0 Å². The smallest absolute Gasteiger partial charge is 0.0834 e. The van der Waals surface area contributed by atoms with E-state index in [4.69, 9.17) is 10.5 Å². The molecular weight excluding hydrogens is 217 g/mol. The molecule has 8 heavy (non-hydrogen) atoms. The number of hydrogen-bond donors (Lipinski definition) is 1. The zero-order chi connectivity index (χ0) is 5.98. The van der Waals surface area contributed by atoms with E-state index >= 15 is 0 Å². The van der Waals surface area contributed by atoms with Gasteiger partial charge in [-0.05, 0) is 12.8 Å². The molecule has 2 atom stereocenters. The molecule has 0 aliphatic carbocycles. The third-order valence-corrected chi connectivity index (χ3v) is 2.12. The van der Waals surface area contributed by atoms with Crippen molar-refractivity contribution in [1.29, 1.82) is 0 Å². The molecule has 1 unspecified atom stereocenters. The Balaban J connectivity index is 2.24. The van der Waals surface area contributed by atoms with Crippen molar-refractivity contribution in [3.8, 4) is 0 Å².